The summed E-state index contributed by atoms with van der Waals surface area (Å²) in [5, 5.41) is 12.6. The topological polar surface area (TPSA) is 78.9 Å². The number of nitrogens with one attached hydrogen (secondary N) is 1. The molecule has 57 heavy (non-hydrogen) atoms. The van der Waals surface area contributed by atoms with E-state index in [1.54, 1.807) is 14.0 Å². The zero-order valence-electron chi connectivity index (χ0n) is 39.7. The molecule has 2 unspecified atom stereocenters. The Morgan fingerprint density at radius 3 is 1.37 bits per heavy atom. The van der Waals surface area contributed by atoms with Crippen LogP contribution in [0.15, 0.2) is 0 Å². The number of aliphatic hydroxyl groups excluding tert-OH is 1. The summed E-state index contributed by atoms with van der Waals surface area (Å²) in [5.74, 6) is 0.420. The molecule has 0 fully saturated rings. The van der Waals surface area contributed by atoms with Crippen LogP contribution in [0.25, 0.3) is 0 Å². The summed E-state index contributed by atoms with van der Waals surface area (Å²) in [6.45, 7) is 19.7. The van der Waals surface area contributed by atoms with Crippen molar-refractivity contribution in [2.45, 2.75) is 259 Å². The number of carbonyl (C=O) groups is 2. The number of unbranched alkanes of at least 4 members (excludes halogenated alkanes) is 23. The van der Waals surface area contributed by atoms with Gasteiger partial charge in [-0.1, -0.05) is 182 Å². The maximum atomic E-state index is 10.9. The molecule has 0 aromatic rings. The molecule has 6 nitrogen and oxygen atoms in total. The first-order chi connectivity index (χ1) is 27.4. The molecular formula is C50H103N2O4Y-. The van der Waals surface area contributed by atoms with Gasteiger partial charge in [-0.05, 0) is 77.4 Å². The number of ether oxygens (including phenoxy) is 1. The van der Waals surface area contributed by atoms with E-state index in [2.05, 4.69) is 44.8 Å². The average molecular weight is 885 g/mol. The minimum atomic E-state index is -0.0250. The van der Waals surface area contributed by atoms with Crippen LogP contribution in [-0.4, -0.2) is 68.2 Å². The van der Waals surface area contributed by atoms with Crippen molar-refractivity contribution in [3.8, 4) is 0 Å². The molecule has 0 rings (SSSR count). The van der Waals surface area contributed by atoms with E-state index in [-0.39, 0.29) is 44.7 Å². The van der Waals surface area contributed by atoms with Crippen molar-refractivity contribution in [1.82, 2.24) is 10.2 Å². The largest absolute Gasteiger partial charge is 0.393 e. The van der Waals surface area contributed by atoms with Crippen LogP contribution in [0.4, 0.5) is 0 Å². The summed E-state index contributed by atoms with van der Waals surface area (Å²) in [7, 11) is 1.77. The Hall–Kier alpha value is 0.124. The number of carbonyl (C=O) groups excluding carboxylic acids is 2. The molecule has 1 radical (unpaired) electrons. The number of amides is 1. The van der Waals surface area contributed by atoms with Gasteiger partial charge in [-0.2, -0.15) is 6.42 Å². The molecule has 2 atom stereocenters. The van der Waals surface area contributed by atoms with Crippen molar-refractivity contribution in [3.63, 3.8) is 0 Å². The maximum Gasteiger partial charge on any atom is 0.216 e. The fourth-order valence-electron chi connectivity index (χ4n) is 7.10. The van der Waals surface area contributed by atoms with E-state index >= 15 is 0 Å². The predicted molar refractivity (Wildman–Crippen MR) is 248 cm³/mol. The van der Waals surface area contributed by atoms with Gasteiger partial charge in [-0.3, -0.25) is 4.79 Å². The smallest absolute Gasteiger partial charge is 0.216 e. The Balaban J connectivity index is -0.000000374. The van der Waals surface area contributed by atoms with E-state index in [1.807, 2.05) is 0 Å². The Bertz CT molecular complexity index is 728. The summed E-state index contributed by atoms with van der Waals surface area (Å²) in [6, 6.07) is 0. The van der Waals surface area contributed by atoms with Gasteiger partial charge in [0.25, 0.3) is 0 Å². The molecule has 0 spiro atoms. The van der Waals surface area contributed by atoms with Crippen molar-refractivity contribution in [2.75, 3.05) is 39.9 Å². The van der Waals surface area contributed by atoms with Crippen LogP contribution in [0.5, 0.6) is 0 Å². The monoisotopic (exact) mass is 885 g/mol. The molecule has 0 saturated heterocycles. The van der Waals surface area contributed by atoms with Crippen LogP contribution < -0.4 is 5.32 Å². The molecular weight excluding hydrogens is 781 g/mol. The van der Waals surface area contributed by atoms with Crippen molar-refractivity contribution in [3.05, 3.63) is 6.92 Å². The third-order valence-corrected chi connectivity index (χ3v) is 10.9. The van der Waals surface area contributed by atoms with E-state index < -0.39 is 0 Å². The number of rotatable bonds is 42. The van der Waals surface area contributed by atoms with Gasteiger partial charge in [0.05, 0.1) is 6.10 Å². The van der Waals surface area contributed by atoms with Crippen LogP contribution in [0.2, 0.25) is 0 Å². The molecule has 0 aliphatic heterocycles. The van der Waals surface area contributed by atoms with Crippen LogP contribution in [0.1, 0.15) is 253 Å². The average Bonchev–Trinajstić information content (AvgIpc) is 3.19. The normalized spacial score (nSPS) is 11.9. The number of aldehydes is 1. The molecule has 0 saturated carbocycles. The second kappa shape index (κ2) is 58.2. The number of nitrogens with zero attached hydrogens (tertiary/aromatic N) is 1. The Morgan fingerprint density at radius 1 is 0.579 bits per heavy atom. The summed E-state index contributed by atoms with van der Waals surface area (Å²) in [4.78, 5) is 24.4. The van der Waals surface area contributed by atoms with Crippen molar-refractivity contribution in [1.29, 1.82) is 0 Å². The fraction of sp³-hybridized carbons (Fsp3) is 0.940. The Kier molecular flexibility index (Phi) is 65.1. The van der Waals surface area contributed by atoms with E-state index in [4.69, 9.17) is 4.74 Å². The summed E-state index contributed by atoms with van der Waals surface area (Å²) >= 11 is 0. The predicted octanol–water partition coefficient (Wildman–Crippen LogP) is 14.4. The standard InChI is InChI=1S/C19H39N2O2.C16H32O.C15H32O.Y/c1-4-5-6-10-15-21(16-11-7-8-13-18-23-3)17-12-9-14-20-19(2)22;1-3-5-7-9-10-12-14-16(15-17)13-11-8-6-4-2;1-3-5-7-9-10-12-14-15(16)13-11-8-6-4-2;/h1,4-18H2,2-3H3,(H,20,22);15-16H,3-14H2,1-2H3;15-16H,3-14H2,1-2H3;/q-1;;;. The molecule has 7 heteroatoms. The van der Waals surface area contributed by atoms with Gasteiger partial charge in [-0.15, -0.1) is 0 Å². The maximum absolute atomic E-state index is 10.9. The Morgan fingerprint density at radius 2 is 0.947 bits per heavy atom. The van der Waals surface area contributed by atoms with Crippen LogP contribution >= 0.6 is 0 Å². The van der Waals surface area contributed by atoms with Gasteiger partial charge in [-0.25, -0.2) is 0 Å². The van der Waals surface area contributed by atoms with E-state index in [1.165, 1.54) is 199 Å². The Labute approximate surface area is 384 Å². The molecule has 0 heterocycles. The summed E-state index contributed by atoms with van der Waals surface area (Å²) in [6.07, 6.45) is 43.8. The zero-order valence-corrected chi connectivity index (χ0v) is 42.6. The SMILES string of the molecule is CCCCCCCCC(C=O)CCCCCC.CCCCCCCCC(O)CCCCCC.[CH2-]CCCCCN(CCCCCCOC)CCCCNC(C)=O.[Y]. The second-order valence-corrected chi connectivity index (χ2v) is 16.7. The molecule has 0 aromatic carbocycles. The second-order valence-electron chi connectivity index (χ2n) is 16.7. The van der Waals surface area contributed by atoms with E-state index in [0.29, 0.717) is 5.92 Å². The van der Waals surface area contributed by atoms with E-state index in [9.17, 15) is 14.7 Å². The van der Waals surface area contributed by atoms with Gasteiger partial charge in [0, 0.05) is 65.8 Å². The minimum Gasteiger partial charge on any atom is -0.393 e. The fourth-order valence-corrected chi connectivity index (χ4v) is 7.10. The molecule has 341 valence electrons. The van der Waals surface area contributed by atoms with Gasteiger partial charge >= 0.3 is 0 Å². The number of methoxy groups -OCH3 is 1. The van der Waals surface area contributed by atoms with Crippen molar-refractivity contribution < 1.29 is 52.1 Å². The third kappa shape index (κ3) is 60.5. The minimum absolute atomic E-state index is 0. The number of hydrogen-bond acceptors (Lipinski definition) is 5. The first kappa shape index (κ1) is 63.8. The first-order valence-electron chi connectivity index (χ1n) is 24.7. The van der Waals surface area contributed by atoms with Crippen molar-refractivity contribution in [2.24, 2.45) is 5.92 Å². The first-order valence-corrected chi connectivity index (χ1v) is 24.7. The quantitative estimate of drug-likeness (QED) is 0.0363. The summed E-state index contributed by atoms with van der Waals surface area (Å²) < 4.78 is 5.09. The molecule has 0 bridgehead atoms. The number of aliphatic hydroxyl groups is 1. The van der Waals surface area contributed by atoms with Crippen molar-refractivity contribution >= 4 is 12.2 Å². The van der Waals surface area contributed by atoms with Gasteiger partial charge in [0.2, 0.25) is 5.91 Å². The zero-order chi connectivity index (χ0) is 42.0. The van der Waals surface area contributed by atoms with Crippen LogP contribution in [0, 0.1) is 12.8 Å². The van der Waals surface area contributed by atoms with E-state index in [0.717, 1.165) is 58.2 Å². The third-order valence-electron chi connectivity index (χ3n) is 10.9. The van der Waals surface area contributed by atoms with Gasteiger partial charge < -0.3 is 31.8 Å². The molecule has 0 aliphatic carbocycles. The van der Waals surface area contributed by atoms with Crippen LogP contribution in [0.3, 0.4) is 0 Å². The van der Waals surface area contributed by atoms with Gasteiger partial charge in [0.1, 0.15) is 6.29 Å². The molecule has 2 N–H and O–H groups in total. The van der Waals surface area contributed by atoms with Crippen LogP contribution in [-0.2, 0) is 47.0 Å². The van der Waals surface area contributed by atoms with Gasteiger partial charge in [0.15, 0.2) is 0 Å². The molecule has 0 aromatic heterocycles. The summed E-state index contributed by atoms with van der Waals surface area (Å²) in [5.41, 5.74) is 0. The molecule has 1 amide bonds. The molecule has 0 aliphatic rings. The number of hydrogen-bond donors (Lipinski definition) is 2.